The summed E-state index contributed by atoms with van der Waals surface area (Å²) in [6, 6.07) is 12.8. The molecule has 35 heavy (non-hydrogen) atoms. The van der Waals surface area contributed by atoms with Gasteiger partial charge in [-0.25, -0.2) is 4.79 Å². The van der Waals surface area contributed by atoms with Crippen LogP contribution in [0.5, 0.6) is 0 Å². The molecule has 0 radical (unpaired) electrons. The molecule has 7 nitrogen and oxygen atoms in total. The summed E-state index contributed by atoms with van der Waals surface area (Å²) in [5, 5.41) is 12.6. The highest BCUT2D eigenvalue weighted by Gasteiger charge is 2.17. The Morgan fingerprint density at radius 1 is 0.886 bits per heavy atom. The number of carboxylic acid groups (broad SMARTS) is 1. The van der Waals surface area contributed by atoms with Gasteiger partial charge in [-0.2, -0.15) is 0 Å². The van der Waals surface area contributed by atoms with Gasteiger partial charge in [0, 0.05) is 44.0 Å². The van der Waals surface area contributed by atoms with Crippen LogP contribution in [-0.2, 0) is 6.54 Å². The van der Waals surface area contributed by atoms with E-state index < -0.39 is 5.97 Å². The van der Waals surface area contributed by atoms with Crippen molar-refractivity contribution < 1.29 is 14.7 Å². The summed E-state index contributed by atoms with van der Waals surface area (Å²) in [6.07, 6.45) is 1.95. The van der Waals surface area contributed by atoms with Crippen LogP contribution < -0.4 is 10.2 Å². The largest absolute Gasteiger partial charge is 0.478 e. The molecule has 0 aliphatic carbocycles. The second-order valence-corrected chi connectivity index (χ2v) is 8.94. The molecule has 0 fully saturated rings. The Bertz CT molecular complexity index is 953. The highest BCUT2D eigenvalue weighted by molar-refractivity contribution is 6.08. The molecule has 2 aromatic rings. The average Bonchev–Trinajstić information content (AvgIpc) is 2.84. The third-order valence-electron chi connectivity index (χ3n) is 6.17. The van der Waals surface area contributed by atoms with Crippen LogP contribution >= 0.6 is 0 Å². The van der Waals surface area contributed by atoms with Gasteiger partial charge in [-0.05, 0) is 68.9 Å². The van der Waals surface area contributed by atoms with E-state index in [1.54, 1.807) is 18.2 Å². The van der Waals surface area contributed by atoms with E-state index in [1.165, 1.54) is 0 Å². The number of hydrogen-bond donors (Lipinski definition) is 2. The van der Waals surface area contributed by atoms with E-state index >= 15 is 0 Å². The Hall–Kier alpha value is -2.90. The zero-order chi connectivity index (χ0) is 25.8. The standard InChI is InChI=1S/C28H42N4O3/c1-6-15-32(16-7-2)24-13-14-26(25(20-24)28(34)35)29-27(33)23-12-10-11-22(19-23)21-30(5)17-18-31(8-3)9-4/h10-14,19-20H,6-9,15-18,21H2,1-5H3,(H,29,33)(H,34,35). The van der Waals surface area contributed by atoms with Crippen LogP contribution in [0.4, 0.5) is 11.4 Å². The summed E-state index contributed by atoms with van der Waals surface area (Å²) < 4.78 is 0. The van der Waals surface area contributed by atoms with E-state index in [2.05, 4.69) is 54.8 Å². The number of anilines is 2. The molecule has 0 heterocycles. The third kappa shape index (κ3) is 8.67. The molecule has 0 aliphatic heterocycles. The molecular formula is C28H42N4O3. The Morgan fingerprint density at radius 3 is 2.17 bits per heavy atom. The minimum atomic E-state index is -1.06. The average molecular weight is 483 g/mol. The second-order valence-electron chi connectivity index (χ2n) is 8.94. The Balaban J connectivity index is 2.14. The van der Waals surface area contributed by atoms with E-state index in [1.807, 2.05) is 24.3 Å². The third-order valence-corrected chi connectivity index (χ3v) is 6.17. The van der Waals surface area contributed by atoms with Crippen LogP contribution in [0.25, 0.3) is 0 Å². The molecule has 0 aromatic heterocycles. The van der Waals surface area contributed by atoms with Gasteiger partial charge < -0.3 is 25.1 Å². The predicted molar refractivity (Wildman–Crippen MR) is 145 cm³/mol. The maximum Gasteiger partial charge on any atom is 0.337 e. The van der Waals surface area contributed by atoms with Crippen LogP contribution in [0.2, 0.25) is 0 Å². The fourth-order valence-corrected chi connectivity index (χ4v) is 4.17. The van der Waals surface area contributed by atoms with Crippen molar-refractivity contribution in [2.75, 3.05) is 56.5 Å². The minimum Gasteiger partial charge on any atom is -0.478 e. The number of nitrogens with one attached hydrogen (secondary N) is 1. The van der Waals surface area contributed by atoms with E-state index in [-0.39, 0.29) is 11.5 Å². The highest BCUT2D eigenvalue weighted by Crippen LogP contribution is 2.25. The Kier molecular flexibility index (Phi) is 11.7. The summed E-state index contributed by atoms with van der Waals surface area (Å²) >= 11 is 0. The molecule has 0 aliphatic rings. The van der Waals surface area contributed by atoms with Gasteiger partial charge >= 0.3 is 5.97 Å². The van der Waals surface area contributed by atoms with E-state index in [9.17, 15) is 14.7 Å². The fourth-order valence-electron chi connectivity index (χ4n) is 4.17. The number of hydrogen-bond acceptors (Lipinski definition) is 5. The Labute approximate surface area is 210 Å². The topological polar surface area (TPSA) is 76.1 Å². The maximum atomic E-state index is 13.0. The monoisotopic (exact) mass is 482 g/mol. The molecule has 0 unspecified atom stereocenters. The number of aromatic carboxylic acids is 1. The van der Waals surface area contributed by atoms with Crippen LogP contribution in [0, 0.1) is 0 Å². The van der Waals surface area contributed by atoms with E-state index in [0.717, 1.165) is 69.9 Å². The molecule has 192 valence electrons. The molecule has 0 atom stereocenters. The zero-order valence-corrected chi connectivity index (χ0v) is 22.0. The van der Waals surface area contributed by atoms with Crippen LogP contribution in [-0.4, -0.2) is 73.1 Å². The van der Waals surface area contributed by atoms with Gasteiger partial charge in [0.15, 0.2) is 0 Å². The first-order valence-electron chi connectivity index (χ1n) is 12.8. The van der Waals surface area contributed by atoms with Crippen molar-refractivity contribution in [1.29, 1.82) is 0 Å². The van der Waals surface area contributed by atoms with Gasteiger partial charge in [-0.1, -0.05) is 39.8 Å². The fraction of sp³-hybridized carbons (Fsp3) is 0.500. The van der Waals surface area contributed by atoms with Gasteiger partial charge in [0.05, 0.1) is 11.3 Å². The zero-order valence-electron chi connectivity index (χ0n) is 22.0. The number of rotatable bonds is 15. The first kappa shape index (κ1) is 28.3. The summed E-state index contributed by atoms with van der Waals surface area (Å²) in [6.45, 7) is 15.0. The van der Waals surface area contributed by atoms with Crippen LogP contribution in [0.1, 0.15) is 66.8 Å². The molecule has 0 saturated heterocycles. The highest BCUT2D eigenvalue weighted by atomic mass is 16.4. The number of carboxylic acids is 1. The molecular weight excluding hydrogens is 440 g/mol. The molecule has 7 heteroatoms. The van der Waals surface area contributed by atoms with Gasteiger partial charge in [0.2, 0.25) is 0 Å². The first-order chi connectivity index (χ1) is 16.8. The molecule has 2 N–H and O–H groups in total. The smallest absolute Gasteiger partial charge is 0.337 e. The molecule has 0 bridgehead atoms. The molecule has 1 amide bonds. The van der Waals surface area contributed by atoms with Gasteiger partial charge in [0.1, 0.15) is 0 Å². The summed E-state index contributed by atoms with van der Waals surface area (Å²) in [7, 11) is 2.08. The number of amides is 1. The lowest BCUT2D eigenvalue weighted by Crippen LogP contribution is -2.32. The van der Waals surface area contributed by atoms with Crippen molar-refractivity contribution >= 4 is 23.3 Å². The van der Waals surface area contributed by atoms with Crippen molar-refractivity contribution in [3.8, 4) is 0 Å². The van der Waals surface area contributed by atoms with Crippen molar-refractivity contribution in [2.24, 2.45) is 0 Å². The van der Waals surface area contributed by atoms with Crippen molar-refractivity contribution in [3.63, 3.8) is 0 Å². The number of likely N-dealkylation sites (N-methyl/N-ethyl adjacent to an activating group) is 2. The lowest BCUT2D eigenvalue weighted by Gasteiger charge is -2.24. The summed E-state index contributed by atoms with van der Waals surface area (Å²) in [4.78, 5) is 31.8. The van der Waals surface area contributed by atoms with Gasteiger partial charge in [-0.3, -0.25) is 4.79 Å². The molecule has 0 saturated carbocycles. The molecule has 0 spiro atoms. The number of benzene rings is 2. The number of nitrogens with zero attached hydrogens (tertiary/aromatic N) is 3. The van der Waals surface area contributed by atoms with E-state index in [4.69, 9.17) is 0 Å². The van der Waals surface area contributed by atoms with E-state index in [0.29, 0.717) is 11.3 Å². The predicted octanol–water partition coefficient (Wildman–Crippen LogP) is 5.04. The van der Waals surface area contributed by atoms with Crippen LogP contribution in [0.15, 0.2) is 42.5 Å². The van der Waals surface area contributed by atoms with Crippen LogP contribution in [0.3, 0.4) is 0 Å². The quantitative estimate of drug-likeness (QED) is 0.371. The second kappa shape index (κ2) is 14.5. The lowest BCUT2D eigenvalue weighted by molar-refractivity contribution is 0.0698. The summed E-state index contributed by atoms with van der Waals surface area (Å²) in [5.41, 5.74) is 2.82. The van der Waals surface area contributed by atoms with Gasteiger partial charge in [0.25, 0.3) is 5.91 Å². The lowest BCUT2D eigenvalue weighted by atomic mass is 10.1. The van der Waals surface area contributed by atoms with Crippen molar-refractivity contribution in [2.45, 2.75) is 47.1 Å². The van der Waals surface area contributed by atoms with Crippen molar-refractivity contribution in [1.82, 2.24) is 9.80 Å². The van der Waals surface area contributed by atoms with Gasteiger partial charge in [-0.15, -0.1) is 0 Å². The van der Waals surface area contributed by atoms with Crippen molar-refractivity contribution in [3.05, 3.63) is 59.2 Å². The Morgan fingerprint density at radius 2 is 1.57 bits per heavy atom. The normalized spacial score (nSPS) is 11.2. The number of carbonyl (C=O) groups excluding carboxylic acids is 1. The summed E-state index contributed by atoms with van der Waals surface area (Å²) in [5.74, 6) is -1.37. The molecule has 2 rings (SSSR count). The maximum absolute atomic E-state index is 13.0. The first-order valence-corrected chi connectivity index (χ1v) is 12.8. The molecule has 2 aromatic carbocycles. The SMILES string of the molecule is CCCN(CCC)c1ccc(NC(=O)c2cccc(CN(C)CCN(CC)CC)c2)c(C(=O)O)c1. The number of carbonyl (C=O) groups is 2. The minimum absolute atomic E-state index is 0.0975.